The molecule has 1 amide bonds. The molecule has 5 heteroatoms. The van der Waals surface area contributed by atoms with Crippen molar-refractivity contribution in [2.45, 2.75) is 45.6 Å². The van der Waals surface area contributed by atoms with Crippen molar-refractivity contribution in [1.29, 1.82) is 0 Å². The highest BCUT2D eigenvalue weighted by molar-refractivity contribution is 5.79. The van der Waals surface area contributed by atoms with Crippen molar-refractivity contribution in [3.63, 3.8) is 0 Å². The summed E-state index contributed by atoms with van der Waals surface area (Å²) in [6.07, 6.45) is 7.51. The summed E-state index contributed by atoms with van der Waals surface area (Å²) in [4.78, 5) is 21.0. The van der Waals surface area contributed by atoms with E-state index in [-0.39, 0.29) is 0 Å². The first kappa shape index (κ1) is 15.5. The van der Waals surface area contributed by atoms with Crippen LogP contribution in [0.5, 0.6) is 0 Å². The van der Waals surface area contributed by atoms with Gasteiger partial charge in [-0.05, 0) is 44.7 Å². The number of nitrogens with zero attached hydrogens (tertiary/aromatic N) is 3. The molecule has 0 N–H and O–H groups in total. The summed E-state index contributed by atoms with van der Waals surface area (Å²) in [6.45, 7) is 5.85. The summed E-state index contributed by atoms with van der Waals surface area (Å²) in [6, 6.07) is 0. The molecule has 5 nitrogen and oxygen atoms in total. The van der Waals surface area contributed by atoms with Crippen LogP contribution in [-0.2, 0) is 11.3 Å². The number of carbonyl (C=O) groups is 1. The number of piperidine rings is 1. The second-order valence-corrected chi connectivity index (χ2v) is 6.92. The van der Waals surface area contributed by atoms with Crippen molar-refractivity contribution >= 4 is 5.91 Å². The number of aryl methyl sites for hydroxylation is 1. The molecule has 2 aliphatic rings. The van der Waals surface area contributed by atoms with Crippen LogP contribution in [0.4, 0.5) is 0 Å². The summed E-state index contributed by atoms with van der Waals surface area (Å²) in [5, 5.41) is 0. The van der Waals surface area contributed by atoms with Gasteiger partial charge in [0.15, 0.2) is 5.89 Å². The molecule has 1 saturated carbocycles. The first-order chi connectivity index (χ1) is 10.6. The van der Waals surface area contributed by atoms with Crippen molar-refractivity contribution in [2.75, 3.05) is 26.7 Å². The molecular weight excluding hydrogens is 278 g/mol. The molecular formula is C17H27N3O2. The van der Waals surface area contributed by atoms with Gasteiger partial charge in [-0.25, -0.2) is 4.98 Å². The molecule has 0 spiro atoms. The van der Waals surface area contributed by atoms with Gasteiger partial charge in [0.1, 0.15) is 6.26 Å². The van der Waals surface area contributed by atoms with Crippen LogP contribution in [0, 0.1) is 18.8 Å². The fourth-order valence-electron chi connectivity index (χ4n) is 3.48. The van der Waals surface area contributed by atoms with Crippen LogP contribution in [0.3, 0.4) is 0 Å². The van der Waals surface area contributed by atoms with Crippen molar-refractivity contribution in [3.8, 4) is 0 Å². The molecule has 1 saturated heterocycles. The fourth-order valence-corrected chi connectivity index (χ4v) is 3.48. The Hall–Kier alpha value is -1.36. The summed E-state index contributed by atoms with van der Waals surface area (Å²) in [5.41, 5.74) is 1.02. The number of amides is 1. The molecule has 1 aromatic rings. The third-order valence-electron chi connectivity index (χ3n) is 5.12. The predicted octanol–water partition coefficient (Wildman–Crippen LogP) is 2.45. The summed E-state index contributed by atoms with van der Waals surface area (Å²) in [7, 11) is 1.98. The minimum atomic E-state index is 0.320. The van der Waals surface area contributed by atoms with Gasteiger partial charge in [0.2, 0.25) is 5.91 Å². The number of oxazole rings is 1. The van der Waals surface area contributed by atoms with E-state index in [2.05, 4.69) is 9.88 Å². The van der Waals surface area contributed by atoms with Crippen molar-refractivity contribution < 1.29 is 9.21 Å². The van der Waals surface area contributed by atoms with E-state index < -0.39 is 0 Å². The molecule has 1 aliphatic carbocycles. The number of hydrogen-bond acceptors (Lipinski definition) is 4. The largest absolute Gasteiger partial charge is 0.449 e. The quantitative estimate of drug-likeness (QED) is 0.838. The summed E-state index contributed by atoms with van der Waals surface area (Å²) in [5.74, 6) is 2.07. The lowest BCUT2D eigenvalue weighted by Crippen LogP contribution is -2.42. The van der Waals surface area contributed by atoms with Gasteiger partial charge in [0.25, 0.3) is 0 Å². The lowest BCUT2D eigenvalue weighted by molar-refractivity contribution is -0.137. The molecule has 0 aromatic carbocycles. The second kappa shape index (κ2) is 6.82. The van der Waals surface area contributed by atoms with Crippen molar-refractivity contribution in [1.82, 2.24) is 14.8 Å². The maximum Gasteiger partial charge on any atom is 0.225 e. The van der Waals surface area contributed by atoms with E-state index in [1.54, 1.807) is 6.26 Å². The Bertz CT molecular complexity index is 502. The van der Waals surface area contributed by atoms with Gasteiger partial charge >= 0.3 is 0 Å². The van der Waals surface area contributed by atoms with E-state index >= 15 is 0 Å². The molecule has 1 aromatic heterocycles. The third-order valence-corrected chi connectivity index (χ3v) is 5.12. The van der Waals surface area contributed by atoms with Crippen molar-refractivity contribution in [3.05, 3.63) is 17.8 Å². The highest BCUT2D eigenvalue weighted by Gasteiger charge is 2.29. The molecule has 0 atom stereocenters. The van der Waals surface area contributed by atoms with E-state index in [1.165, 1.54) is 19.3 Å². The van der Waals surface area contributed by atoms with E-state index in [1.807, 2.05) is 18.9 Å². The van der Waals surface area contributed by atoms with Gasteiger partial charge in [-0.2, -0.15) is 0 Å². The topological polar surface area (TPSA) is 49.6 Å². The SMILES string of the molecule is Cc1nc(CN2CCC(CN(C)C(=O)C3CCC3)CC2)co1. The van der Waals surface area contributed by atoms with E-state index in [9.17, 15) is 4.79 Å². The molecule has 122 valence electrons. The first-order valence-electron chi connectivity index (χ1n) is 8.50. The number of rotatable bonds is 5. The van der Waals surface area contributed by atoms with E-state index in [0.717, 1.165) is 50.6 Å². The van der Waals surface area contributed by atoms with Gasteiger partial charge in [0.05, 0.1) is 5.69 Å². The average molecular weight is 305 g/mol. The van der Waals surface area contributed by atoms with Crippen LogP contribution in [0.25, 0.3) is 0 Å². The lowest BCUT2D eigenvalue weighted by Gasteiger charge is -2.35. The zero-order chi connectivity index (χ0) is 15.5. The fraction of sp³-hybridized carbons (Fsp3) is 0.765. The Kier molecular flexibility index (Phi) is 4.81. The van der Waals surface area contributed by atoms with Crippen LogP contribution >= 0.6 is 0 Å². The maximum absolute atomic E-state index is 12.2. The number of aromatic nitrogens is 1. The lowest BCUT2D eigenvalue weighted by atomic mass is 9.84. The van der Waals surface area contributed by atoms with Crippen LogP contribution < -0.4 is 0 Å². The molecule has 0 unspecified atom stereocenters. The molecule has 2 heterocycles. The molecule has 22 heavy (non-hydrogen) atoms. The summed E-state index contributed by atoms with van der Waals surface area (Å²) < 4.78 is 5.26. The van der Waals surface area contributed by atoms with Gasteiger partial charge in [-0.1, -0.05) is 6.42 Å². The van der Waals surface area contributed by atoms with Crippen LogP contribution in [0.1, 0.15) is 43.7 Å². The third kappa shape index (κ3) is 3.69. The Morgan fingerprint density at radius 1 is 1.36 bits per heavy atom. The molecule has 2 fully saturated rings. The minimum absolute atomic E-state index is 0.320. The highest BCUT2D eigenvalue weighted by Crippen LogP contribution is 2.28. The zero-order valence-electron chi connectivity index (χ0n) is 13.8. The average Bonchev–Trinajstić information content (AvgIpc) is 2.84. The van der Waals surface area contributed by atoms with Crippen LogP contribution in [0.2, 0.25) is 0 Å². The second-order valence-electron chi connectivity index (χ2n) is 6.92. The van der Waals surface area contributed by atoms with Crippen molar-refractivity contribution in [2.24, 2.45) is 11.8 Å². The smallest absolute Gasteiger partial charge is 0.225 e. The Labute approximate surface area is 132 Å². The number of hydrogen-bond donors (Lipinski definition) is 0. The van der Waals surface area contributed by atoms with E-state index in [4.69, 9.17) is 4.42 Å². The standard InChI is InChI=1S/C17H27N3O2/c1-13-18-16(12-22-13)11-20-8-6-14(7-9-20)10-19(2)17(21)15-4-3-5-15/h12,14-15H,3-11H2,1-2H3. The Balaban J connectivity index is 1.40. The molecule has 1 aliphatic heterocycles. The Morgan fingerprint density at radius 2 is 2.09 bits per heavy atom. The molecule has 0 bridgehead atoms. The zero-order valence-corrected chi connectivity index (χ0v) is 13.8. The van der Waals surface area contributed by atoms with Gasteiger partial charge in [0, 0.05) is 33.0 Å². The highest BCUT2D eigenvalue weighted by atomic mass is 16.3. The predicted molar refractivity (Wildman–Crippen MR) is 84.2 cm³/mol. The van der Waals surface area contributed by atoms with Gasteiger partial charge in [-0.15, -0.1) is 0 Å². The van der Waals surface area contributed by atoms with Gasteiger partial charge in [-0.3, -0.25) is 9.69 Å². The van der Waals surface area contributed by atoms with Crippen LogP contribution in [0.15, 0.2) is 10.7 Å². The first-order valence-corrected chi connectivity index (χ1v) is 8.50. The Morgan fingerprint density at radius 3 is 2.64 bits per heavy atom. The maximum atomic E-state index is 12.2. The van der Waals surface area contributed by atoms with Crippen LogP contribution in [-0.4, -0.2) is 47.4 Å². The number of carbonyl (C=O) groups excluding carboxylic acids is 1. The minimum Gasteiger partial charge on any atom is -0.449 e. The monoisotopic (exact) mass is 305 g/mol. The molecule has 3 rings (SSSR count). The number of likely N-dealkylation sites (tertiary alicyclic amines) is 1. The normalized spacial score (nSPS) is 20.8. The summed E-state index contributed by atoms with van der Waals surface area (Å²) >= 11 is 0. The van der Waals surface area contributed by atoms with Gasteiger partial charge < -0.3 is 9.32 Å². The van der Waals surface area contributed by atoms with E-state index in [0.29, 0.717) is 17.7 Å². The molecule has 0 radical (unpaired) electrons.